The fourth-order valence-electron chi connectivity index (χ4n) is 5.26. The van der Waals surface area contributed by atoms with Crippen molar-refractivity contribution in [1.82, 2.24) is 24.1 Å². The van der Waals surface area contributed by atoms with Gasteiger partial charge in [-0.2, -0.15) is 10.2 Å². The van der Waals surface area contributed by atoms with Crippen LogP contribution in [0.5, 0.6) is 5.75 Å². The maximum atomic E-state index is 14.6. The molecular formula is C30H39FN6O7S. The third kappa shape index (κ3) is 7.16. The summed E-state index contributed by atoms with van der Waals surface area (Å²) in [4.78, 5) is 41.2. The molecule has 0 saturated carbocycles. The van der Waals surface area contributed by atoms with Gasteiger partial charge in [0, 0.05) is 17.2 Å². The van der Waals surface area contributed by atoms with Gasteiger partial charge in [-0.25, -0.2) is 18.5 Å². The van der Waals surface area contributed by atoms with Gasteiger partial charge in [0.05, 0.1) is 51.3 Å². The Hall–Kier alpha value is -3.92. The minimum absolute atomic E-state index is 0.0653. The number of ether oxygens (including phenoxy) is 3. The number of rotatable bonds is 15. The lowest BCUT2D eigenvalue weighted by Gasteiger charge is -2.25. The quantitative estimate of drug-likeness (QED) is 0.183. The second kappa shape index (κ2) is 14.5. The van der Waals surface area contributed by atoms with Crippen molar-refractivity contribution >= 4 is 27.5 Å². The minimum Gasteiger partial charge on any atom is -0.496 e. The molecule has 4 atom stereocenters. The summed E-state index contributed by atoms with van der Waals surface area (Å²) in [7, 11) is 1.43. The van der Waals surface area contributed by atoms with Crippen LogP contribution < -0.4 is 21.7 Å². The standard InChI is InChI=1S/C30H39FN6O7S/c1-16(2)22(18(4)32)15-43-11-12-44-24(21-13-20(31)7-8-23(21)42-6)14-35-28-25(17(3)27(45-28)37-33-9-10-34-37)26(38)36(30(35)41)19(5)29(39)40/h7-10,13,16,18-19,22,24H,11-12,14-15,32H2,1-6H3,(H,39,40)/t18?,19?,22?,24-/m0/s1. The number of aromatic nitrogens is 5. The summed E-state index contributed by atoms with van der Waals surface area (Å²) in [5, 5.41) is 18.7. The number of carboxylic acid groups (broad SMARTS) is 1. The van der Waals surface area contributed by atoms with Crippen LogP contribution in [0.4, 0.5) is 4.39 Å². The Morgan fingerprint density at radius 2 is 1.82 bits per heavy atom. The second-order valence-electron chi connectivity index (χ2n) is 11.2. The molecule has 244 valence electrons. The number of aliphatic carboxylic acids is 1. The van der Waals surface area contributed by atoms with Gasteiger partial charge in [-0.05, 0) is 50.8 Å². The largest absolute Gasteiger partial charge is 0.496 e. The van der Waals surface area contributed by atoms with Crippen molar-refractivity contribution in [3.8, 4) is 10.8 Å². The molecule has 13 nitrogen and oxygen atoms in total. The maximum absolute atomic E-state index is 14.6. The average Bonchev–Trinajstić information content (AvgIpc) is 3.63. The molecule has 1 aromatic carbocycles. The summed E-state index contributed by atoms with van der Waals surface area (Å²) >= 11 is 1.10. The number of nitrogens with zero attached hydrogens (tertiary/aromatic N) is 5. The van der Waals surface area contributed by atoms with Crippen LogP contribution in [0.25, 0.3) is 15.2 Å². The second-order valence-corrected chi connectivity index (χ2v) is 12.2. The van der Waals surface area contributed by atoms with Crippen molar-refractivity contribution in [2.45, 2.75) is 59.4 Å². The highest BCUT2D eigenvalue weighted by atomic mass is 32.1. The van der Waals surface area contributed by atoms with Gasteiger partial charge in [-0.1, -0.05) is 25.2 Å². The summed E-state index contributed by atoms with van der Waals surface area (Å²) < 4.78 is 34.2. The van der Waals surface area contributed by atoms with Gasteiger partial charge in [0.15, 0.2) is 0 Å². The number of carbonyl (C=O) groups is 1. The first-order valence-electron chi connectivity index (χ1n) is 14.5. The van der Waals surface area contributed by atoms with Crippen LogP contribution in [0.15, 0.2) is 40.2 Å². The van der Waals surface area contributed by atoms with Gasteiger partial charge in [0.1, 0.15) is 33.5 Å². The van der Waals surface area contributed by atoms with Crippen LogP contribution in [0, 0.1) is 24.6 Å². The number of benzene rings is 1. The zero-order valence-corrected chi connectivity index (χ0v) is 26.9. The SMILES string of the molecule is COc1ccc(F)cc1[C@H](Cn1c(=O)n(C(C)C(=O)O)c(=O)c2c(C)c(-n3nccn3)sc21)OCCOCC(C(C)C)C(C)N. The first-order valence-corrected chi connectivity index (χ1v) is 15.3. The monoisotopic (exact) mass is 646 g/mol. The molecule has 4 aromatic rings. The highest BCUT2D eigenvalue weighted by Gasteiger charge is 2.29. The van der Waals surface area contributed by atoms with Crippen LogP contribution in [0.1, 0.15) is 51.0 Å². The zero-order chi connectivity index (χ0) is 33.0. The fourth-order valence-corrected chi connectivity index (χ4v) is 6.48. The molecule has 3 heterocycles. The van der Waals surface area contributed by atoms with E-state index in [4.69, 9.17) is 19.9 Å². The molecule has 0 amide bonds. The topological polar surface area (TPSA) is 166 Å². The molecule has 0 aliphatic carbocycles. The number of halogens is 1. The molecule has 0 aliphatic heterocycles. The van der Waals surface area contributed by atoms with Gasteiger partial charge in [0.2, 0.25) is 0 Å². The van der Waals surface area contributed by atoms with E-state index in [-0.39, 0.29) is 41.9 Å². The Morgan fingerprint density at radius 1 is 1.13 bits per heavy atom. The molecule has 0 bridgehead atoms. The lowest BCUT2D eigenvalue weighted by atomic mass is 9.91. The highest BCUT2D eigenvalue weighted by molar-refractivity contribution is 7.21. The summed E-state index contributed by atoms with van der Waals surface area (Å²) in [6.45, 7) is 9.49. The normalized spacial score (nSPS) is 14.5. The van der Waals surface area contributed by atoms with Crippen molar-refractivity contribution in [3.05, 3.63) is 68.4 Å². The van der Waals surface area contributed by atoms with Gasteiger partial charge in [0.25, 0.3) is 5.56 Å². The molecule has 3 unspecified atom stereocenters. The highest BCUT2D eigenvalue weighted by Crippen LogP contribution is 2.34. The van der Waals surface area contributed by atoms with Crippen molar-refractivity contribution < 1.29 is 28.5 Å². The average molecular weight is 647 g/mol. The van der Waals surface area contributed by atoms with E-state index >= 15 is 0 Å². The molecule has 0 fully saturated rings. The number of hydrogen-bond acceptors (Lipinski definition) is 10. The molecule has 3 aromatic heterocycles. The van der Waals surface area contributed by atoms with Crippen molar-refractivity contribution in [3.63, 3.8) is 0 Å². The molecule has 4 rings (SSSR count). The first-order chi connectivity index (χ1) is 21.4. The van der Waals surface area contributed by atoms with Crippen molar-refractivity contribution in [2.24, 2.45) is 17.6 Å². The lowest BCUT2D eigenvalue weighted by molar-refractivity contribution is -0.140. The summed E-state index contributed by atoms with van der Waals surface area (Å²) in [5.74, 6) is -1.14. The van der Waals surface area contributed by atoms with E-state index in [0.29, 0.717) is 39.0 Å². The summed E-state index contributed by atoms with van der Waals surface area (Å²) in [5.41, 5.74) is 5.29. The maximum Gasteiger partial charge on any atom is 0.333 e. The van der Waals surface area contributed by atoms with Crippen molar-refractivity contribution in [1.29, 1.82) is 0 Å². The van der Waals surface area contributed by atoms with E-state index < -0.39 is 35.2 Å². The lowest BCUT2D eigenvalue weighted by Crippen LogP contribution is -2.44. The molecule has 45 heavy (non-hydrogen) atoms. The third-order valence-electron chi connectivity index (χ3n) is 7.84. The smallest absolute Gasteiger partial charge is 0.333 e. The van der Waals surface area contributed by atoms with E-state index in [1.807, 2.05) is 6.92 Å². The Bertz CT molecular complexity index is 1740. The van der Waals surface area contributed by atoms with E-state index in [1.165, 1.54) is 54.0 Å². The molecular weight excluding hydrogens is 607 g/mol. The number of carboxylic acids is 1. The molecule has 0 saturated heterocycles. The predicted octanol–water partition coefficient (Wildman–Crippen LogP) is 3.30. The molecule has 3 N–H and O–H groups in total. The number of methoxy groups -OCH3 is 1. The first kappa shape index (κ1) is 34.0. The van der Waals surface area contributed by atoms with Crippen LogP contribution in [0.3, 0.4) is 0 Å². The van der Waals surface area contributed by atoms with E-state index in [0.717, 1.165) is 11.3 Å². The Labute approximate surface area is 262 Å². The minimum atomic E-state index is -1.47. The predicted molar refractivity (Wildman–Crippen MR) is 167 cm³/mol. The van der Waals surface area contributed by atoms with Crippen LogP contribution in [0.2, 0.25) is 0 Å². The van der Waals surface area contributed by atoms with E-state index in [2.05, 4.69) is 24.0 Å². The van der Waals surface area contributed by atoms with Gasteiger partial charge >= 0.3 is 11.7 Å². The van der Waals surface area contributed by atoms with Gasteiger partial charge in [-0.15, -0.1) is 4.80 Å². The summed E-state index contributed by atoms with van der Waals surface area (Å²) in [6.07, 6.45) is 1.98. The van der Waals surface area contributed by atoms with Crippen LogP contribution in [-0.2, 0) is 20.8 Å². The third-order valence-corrected chi connectivity index (χ3v) is 9.12. The van der Waals surface area contributed by atoms with Crippen LogP contribution in [-0.4, -0.2) is 68.2 Å². The van der Waals surface area contributed by atoms with Gasteiger partial charge in [-0.3, -0.25) is 9.36 Å². The van der Waals surface area contributed by atoms with Crippen molar-refractivity contribution in [2.75, 3.05) is 26.9 Å². The summed E-state index contributed by atoms with van der Waals surface area (Å²) in [6, 6.07) is 2.42. The molecule has 0 aliphatic rings. The molecule has 0 radical (unpaired) electrons. The Kier molecular flexibility index (Phi) is 10.9. The van der Waals surface area contributed by atoms with E-state index in [9.17, 15) is 23.9 Å². The number of thiophene rings is 1. The molecule has 0 spiro atoms. The Morgan fingerprint density at radius 3 is 2.42 bits per heavy atom. The number of fused-ring (bicyclic) bond motifs is 1. The number of nitrogens with two attached hydrogens (primary N) is 1. The zero-order valence-electron chi connectivity index (χ0n) is 26.1. The van der Waals surface area contributed by atoms with Crippen LogP contribution >= 0.6 is 11.3 Å². The fraction of sp³-hybridized carbons (Fsp3) is 0.500. The Balaban J connectivity index is 1.81. The van der Waals surface area contributed by atoms with Gasteiger partial charge < -0.3 is 25.1 Å². The van der Waals surface area contributed by atoms with E-state index in [1.54, 1.807) is 6.92 Å². The number of hydrogen-bond donors (Lipinski definition) is 2. The number of aryl methyl sites for hydroxylation is 1. The molecule has 15 heteroatoms.